The summed E-state index contributed by atoms with van der Waals surface area (Å²) in [6.45, 7) is 6.02. The maximum absolute atomic E-state index is 11.1. The molecule has 16 heavy (non-hydrogen) atoms. The van der Waals surface area contributed by atoms with Gasteiger partial charge in [-0.3, -0.25) is 0 Å². The summed E-state index contributed by atoms with van der Waals surface area (Å²) in [6.07, 6.45) is 0.687. The van der Waals surface area contributed by atoms with Crippen molar-refractivity contribution in [3.63, 3.8) is 0 Å². The van der Waals surface area contributed by atoms with Gasteiger partial charge in [-0.1, -0.05) is 30.8 Å². The minimum atomic E-state index is -0.342. The van der Waals surface area contributed by atoms with Gasteiger partial charge in [0, 0.05) is 18.5 Å². The van der Waals surface area contributed by atoms with Crippen LogP contribution < -0.4 is 5.73 Å². The average molecular weight is 219 g/mol. The van der Waals surface area contributed by atoms with E-state index in [0.29, 0.717) is 25.1 Å². The number of benzene rings is 1. The van der Waals surface area contributed by atoms with Gasteiger partial charge in [-0.15, -0.1) is 0 Å². The molecule has 0 saturated carbocycles. The van der Waals surface area contributed by atoms with Crippen molar-refractivity contribution in [1.29, 1.82) is 0 Å². The quantitative estimate of drug-likeness (QED) is 0.607. The highest BCUT2D eigenvalue weighted by Gasteiger charge is 2.04. The Morgan fingerprint density at radius 3 is 2.56 bits per heavy atom. The van der Waals surface area contributed by atoms with Crippen molar-refractivity contribution < 1.29 is 9.53 Å². The fourth-order valence-electron chi connectivity index (χ4n) is 1.38. The van der Waals surface area contributed by atoms with Gasteiger partial charge in [0.25, 0.3) is 0 Å². The number of carbonyl (C=O) groups excluding carboxylic acids is 1. The zero-order valence-electron chi connectivity index (χ0n) is 9.53. The molecule has 1 aromatic rings. The molecule has 1 rings (SSSR count). The molecule has 0 unspecified atom stereocenters. The molecule has 2 N–H and O–H groups in total. The monoisotopic (exact) mass is 219 g/mol. The number of nitrogens with two attached hydrogens (primary N) is 1. The normalized spacial score (nSPS) is 9.88. The van der Waals surface area contributed by atoms with Crippen LogP contribution in [0.5, 0.6) is 0 Å². The lowest BCUT2D eigenvalue weighted by molar-refractivity contribution is -0.138. The molecular weight excluding hydrogens is 202 g/mol. The van der Waals surface area contributed by atoms with Crippen LogP contribution in [0.15, 0.2) is 36.4 Å². The van der Waals surface area contributed by atoms with Crippen molar-refractivity contribution in [1.82, 2.24) is 0 Å². The molecule has 0 aliphatic rings. The first-order valence-corrected chi connectivity index (χ1v) is 5.24. The molecule has 0 aromatic heterocycles. The molecule has 86 valence electrons. The van der Waals surface area contributed by atoms with E-state index in [1.54, 1.807) is 6.92 Å². The lowest BCUT2D eigenvalue weighted by atomic mass is 10.1. The van der Waals surface area contributed by atoms with Gasteiger partial charge in [-0.2, -0.15) is 0 Å². The SMILES string of the molecule is C=C(C)C(=O)OCCc1ccccc1CN. The van der Waals surface area contributed by atoms with Crippen molar-refractivity contribution in [3.8, 4) is 0 Å². The van der Waals surface area contributed by atoms with E-state index in [4.69, 9.17) is 10.5 Å². The molecule has 0 heterocycles. The highest BCUT2D eigenvalue weighted by molar-refractivity contribution is 5.86. The van der Waals surface area contributed by atoms with Crippen LogP contribution in [0.2, 0.25) is 0 Å². The molecule has 3 heteroatoms. The third-order valence-corrected chi connectivity index (χ3v) is 2.29. The topological polar surface area (TPSA) is 52.3 Å². The Morgan fingerprint density at radius 1 is 1.38 bits per heavy atom. The van der Waals surface area contributed by atoms with Crippen LogP contribution in [-0.4, -0.2) is 12.6 Å². The summed E-state index contributed by atoms with van der Waals surface area (Å²) in [5, 5.41) is 0. The lowest BCUT2D eigenvalue weighted by Gasteiger charge is -2.08. The molecule has 0 fully saturated rings. The van der Waals surface area contributed by atoms with Gasteiger partial charge in [0.2, 0.25) is 0 Å². The number of rotatable bonds is 5. The maximum atomic E-state index is 11.1. The summed E-state index contributed by atoms with van der Waals surface area (Å²) in [5.74, 6) is -0.342. The van der Waals surface area contributed by atoms with Crippen molar-refractivity contribution in [2.24, 2.45) is 5.73 Å². The number of carbonyl (C=O) groups is 1. The van der Waals surface area contributed by atoms with E-state index in [-0.39, 0.29) is 5.97 Å². The zero-order valence-corrected chi connectivity index (χ0v) is 9.53. The molecule has 0 amide bonds. The van der Waals surface area contributed by atoms with Gasteiger partial charge in [0.05, 0.1) is 6.61 Å². The first-order valence-electron chi connectivity index (χ1n) is 5.24. The summed E-state index contributed by atoms with van der Waals surface area (Å²) in [7, 11) is 0. The average Bonchev–Trinajstić information content (AvgIpc) is 2.29. The summed E-state index contributed by atoms with van der Waals surface area (Å²) < 4.78 is 5.03. The van der Waals surface area contributed by atoms with Crippen molar-refractivity contribution in [2.45, 2.75) is 19.9 Å². The molecule has 0 atom stereocenters. The smallest absolute Gasteiger partial charge is 0.333 e. The molecule has 0 radical (unpaired) electrons. The molecule has 0 spiro atoms. The van der Waals surface area contributed by atoms with Gasteiger partial charge in [0.1, 0.15) is 0 Å². The summed E-state index contributed by atoms with van der Waals surface area (Å²) in [6, 6.07) is 7.88. The maximum Gasteiger partial charge on any atom is 0.333 e. The molecule has 0 saturated heterocycles. The van der Waals surface area contributed by atoms with Gasteiger partial charge in [0.15, 0.2) is 0 Å². The van der Waals surface area contributed by atoms with E-state index < -0.39 is 0 Å². The van der Waals surface area contributed by atoms with Crippen LogP contribution in [0.25, 0.3) is 0 Å². The van der Waals surface area contributed by atoms with Crippen molar-refractivity contribution in [3.05, 3.63) is 47.5 Å². The number of hydrogen-bond donors (Lipinski definition) is 1. The third kappa shape index (κ3) is 3.51. The second-order valence-electron chi connectivity index (χ2n) is 3.64. The highest BCUT2D eigenvalue weighted by atomic mass is 16.5. The predicted molar refractivity (Wildman–Crippen MR) is 63.8 cm³/mol. The summed E-state index contributed by atoms with van der Waals surface area (Å²) >= 11 is 0. The van der Waals surface area contributed by atoms with Crippen LogP contribution in [0.4, 0.5) is 0 Å². The van der Waals surface area contributed by atoms with Crippen LogP contribution in [0, 0.1) is 0 Å². The van der Waals surface area contributed by atoms with Crippen molar-refractivity contribution in [2.75, 3.05) is 6.61 Å². The van der Waals surface area contributed by atoms with E-state index in [9.17, 15) is 4.79 Å². The second kappa shape index (κ2) is 6.08. The third-order valence-electron chi connectivity index (χ3n) is 2.29. The summed E-state index contributed by atoms with van der Waals surface area (Å²) in [4.78, 5) is 11.1. The standard InChI is InChI=1S/C13H17NO2/c1-10(2)13(15)16-8-7-11-5-3-4-6-12(11)9-14/h3-6H,1,7-9,14H2,2H3. The number of ether oxygens (including phenoxy) is 1. The van der Waals surface area contributed by atoms with E-state index in [1.807, 2.05) is 24.3 Å². The second-order valence-corrected chi connectivity index (χ2v) is 3.64. The highest BCUT2D eigenvalue weighted by Crippen LogP contribution is 2.09. The fraction of sp³-hybridized carbons (Fsp3) is 0.308. The van der Waals surface area contributed by atoms with Crippen LogP contribution in [-0.2, 0) is 22.5 Å². The van der Waals surface area contributed by atoms with Gasteiger partial charge < -0.3 is 10.5 Å². The number of esters is 1. The first kappa shape index (κ1) is 12.5. The Hall–Kier alpha value is -1.61. The van der Waals surface area contributed by atoms with E-state index >= 15 is 0 Å². The predicted octanol–water partition coefficient (Wildman–Crippen LogP) is 1.81. The first-order chi connectivity index (χ1) is 7.65. The Labute approximate surface area is 95.9 Å². The van der Waals surface area contributed by atoms with Crippen molar-refractivity contribution >= 4 is 5.97 Å². The fourth-order valence-corrected chi connectivity index (χ4v) is 1.38. The Bertz CT molecular complexity index is 385. The Kier molecular flexibility index (Phi) is 4.73. The van der Waals surface area contributed by atoms with Gasteiger partial charge >= 0.3 is 5.97 Å². The van der Waals surface area contributed by atoms with E-state index in [0.717, 1.165) is 11.1 Å². The molecule has 0 bridgehead atoms. The molecular formula is C13H17NO2. The Morgan fingerprint density at radius 2 is 2.00 bits per heavy atom. The van der Waals surface area contributed by atoms with Crippen LogP contribution >= 0.6 is 0 Å². The van der Waals surface area contributed by atoms with E-state index in [1.165, 1.54) is 0 Å². The molecule has 1 aromatic carbocycles. The number of hydrogen-bond acceptors (Lipinski definition) is 3. The largest absolute Gasteiger partial charge is 0.462 e. The van der Waals surface area contributed by atoms with Gasteiger partial charge in [-0.25, -0.2) is 4.79 Å². The Balaban J connectivity index is 2.48. The van der Waals surface area contributed by atoms with E-state index in [2.05, 4.69) is 6.58 Å². The lowest BCUT2D eigenvalue weighted by Crippen LogP contribution is -2.10. The minimum absolute atomic E-state index is 0.342. The summed E-state index contributed by atoms with van der Waals surface area (Å²) in [5.41, 5.74) is 8.25. The molecule has 0 aliphatic carbocycles. The van der Waals surface area contributed by atoms with Crippen LogP contribution in [0.3, 0.4) is 0 Å². The van der Waals surface area contributed by atoms with Gasteiger partial charge in [-0.05, 0) is 18.1 Å². The minimum Gasteiger partial charge on any atom is -0.462 e. The zero-order chi connectivity index (χ0) is 12.0. The van der Waals surface area contributed by atoms with Crippen LogP contribution in [0.1, 0.15) is 18.1 Å². The molecule has 0 aliphatic heterocycles. The molecule has 3 nitrogen and oxygen atoms in total.